The Morgan fingerprint density at radius 1 is 0.929 bits per heavy atom. The van der Waals surface area contributed by atoms with Crippen molar-refractivity contribution < 1.29 is 35.1 Å². The smallest absolute Gasteiger partial charge is 0.326 e. The maximum atomic E-state index is 12.6. The first-order valence-electron chi connectivity index (χ1n) is 10.4. The Kier molecular flexibility index (Phi) is 14.7. The van der Waals surface area contributed by atoms with E-state index in [9.17, 15) is 25.2 Å². The predicted octanol–water partition coefficient (Wildman–Crippen LogP) is 0.425. The van der Waals surface area contributed by atoms with Crippen molar-refractivity contribution in [1.29, 1.82) is 0 Å². The molecule has 8 heteroatoms. The Bertz CT molecular complexity index is 410. The molecule has 168 valence electrons. The van der Waals surface area contributed by atoms with Crippen LogP contribution in [0.4, 0.5) is 0 Å². The van der Waals surface area contributed by atoms with Crippen molar-refractivity contribution in [2.75, 3.05) is 20.3 Å². The Morgan fingerprint density at radius 3 is 2.04 bits per heavy atom. The summed E-state index contributed by atoms with van der Waals surface area (Å²) < 4.78 is 5.32. The van der Waals surface area contributed by atoms with Gasteiger partial charge in [-0.2, -0.15) is 0 Å². The average Bonchev–Trinajstić information content (AvgIpc) is 2.70. The highest BCUT2D eigenvalue weighted by atomic mass is 16.5. The van der Waals surface area contributed by atoms with Gasteiger partial charge in [-0.05, 0) is 26.8 Å². The van der Waals surface area contributed by atoms with Crippen LogP contribution in [0.15, 0.2) is 0 Å². The topological polar surface area (TPSA) is 131 Å². The zero-order chi connectivity index (χ0) is 21.7. The van der Waals surface area contributed by atoms with Crippen LogP contribution in [-0.2, 0) is 9.53 Å². The summed E-state index contributed by atoms with van der Waals surface area (Å²) in [7, 11) is 1.63. The van der Waals surface area contributed by atoms with Crippen LogP contribution in [0.3, 0.4) is 0 Å². The second-order valence-corrected chi connectivity index (χ2v) is 7.52. The summed E-state index contributed by atoms with van der Waals surface area (Å²) in [6, 6.07) is -1.29. The normalized spacial score (nSPS) is 18.4. The minimum absolute atomic E-state index is 0.0895. The number of hydrogen-bond acceptors (Lipinski definition) is 8. The third-order valence-corrected chi connectivity index (χ3v) is 5.31. The number of rotatable bonds is 16. The van der Waals surface area contributed by atoms with E-state index in [1.165, 1.54) is 6.42 Å². The lowest BCUT2D eigenvalue weighted by Gasteiger charge is -2.37. The monoisotopic (exact) mass is 407 g/mol. The summed E-state index contributed by atoms with van der Waals surface area (Å²) in [5.74, 6) is -0.686. The van der Waals surface area contributed by atoms with E-state index in [4.69, 9.17) is 9.84 Å². The molecule has 0 spiro atoms. The number of carbonyl (C=O) groups is 1. The molecule has 0 saturated carbocycles. The van der Waals surface area contributed by atoms with Gasteiger partial charge in [-0.15, -0.1) is 0 Å². The van der Waals surface area contributed by atoms with Gasteiger partial charge in [-0.25, -0.2) is 0 Å². The molecule has 5 N–H and O–H groups in total. The molecule has 0 rings (SSSR count). The predicted molar refractivity (Wildman–Crippen MR) is 107 cm³/mol. The fourth-order valence-corrected chi connectivity index (χ4v) is 2.97. The minimum Gasteiger partial charge on any atom is -0.464 e. The lowest BCUT2D eigenvalue weighted by atomic mass is 9.96. The molecule has 0 heterocycles. The molecule has 0 amide bonds. The first-order valence-corrected chi connectivity index (χ1v) is 10.4. The van der Waals surface area contributed by atoms with Crippen LogP contribution in [-0.4, -0.2) is 93.2 Å². The Labute approximate surface area is 169 Å². The van der Waals surface area contributed by atoms with Crippen molar-refractivity contribution in [2.45, 2.75) is 102 Å². The Hall–Kier alpha value is -0.770. The number of unbranched alkanes of at least 4 members (excludes halogenated alkanes) is 5. The summed E-state index contributed by atoms with van der Waals surface area (Å²) >= 11 is 0. The van der Waals surface area contributed by atoms with Crippen molar-refractivity contribution >= 4 is 5.97 Å². The van der Waals surface area contributed by atoms with Gasteiger partial charge in [0.05, 0.1) is 13.2 Å². The highest BCUT2D eigenvalue weighted by Crippen LogP contribution is 2.17. The van der Waals surface area contributed by atoms with Gasteiger partial charge in [0.1, 0.15) is 30.5 Å². The van der Waals surface area contributed by atoms with E-state index >= 15 is 0 Å². The van der Waals surface area contributed by atoms with E-state index in [0.717, 1.165) is 32.1 Å². The molecule has 8 nitrogen and oxygen atoms in total. The molecular weight excluding hydrogens is 366 g/mol. The highest BCUT2D eigenvalue weighted by Gasteiger charge is 2.41. The summed E-state index contributed by atoms with van der Waals surface area (Å²) in [6.07, 6.45) is 0.0236. The maximum Gasteiger partial charge on any atom is 0.326 e. The zero-order valence-corrected chi connectivity index (χ0v) is 17.8. The molecule has 0 bridgehead atoms. The van der Waals surface area contributed by atoms with Crippen LogP contribution >= 0.6 is 0 Å². The van der Waals surface area contributed by atoms with Crippen LogP contribution in [0.5, 0.6) is 0 Å². The number of carbonyl (C=O) groups excluding carboxylic acids is 1. The zero-order valence-electron chi connectivity index (χ0n) is 17.8. The minimum atomic E-state index is -1.82. The van der Waals surface area contributed by atoms with Gasteiger partial charge in [0.15, 0.2) is 0 Å². The molecule has 0 aliphatic rings. The molecule has 6 atom stereocenters. The van der Waals surface area contributed by atoms with Crippen molar-refractivity contribution in [1.82, 2.24) is 4.90 Å². The summed E-state index contributed by atoms with van der Waals surface area (Å²) in [5.41, 5.74) is 0. The van der Waals surface area contributed by atoms with Gasteiger partial charge < -0.3 is 30.3 Å². The van der Waals surface area contributed by atoms with Gasteiger partial charge in [0, 0.05) is 6.04 Å². The molecule has 28 heavy (non-hydrogen) atoms. The molecule has 0 aromatic heterocycles. The van der Waals surface area contributed by atoms with Crippen LogP contribution < -0.4 is 0 Å². The molecule has 0 aromatic carbocycles. The van der Waals surface area contributed by atoms with E-state index in [-0.39, 0.29) is 12.6 Å². The fourth-order valence-electron chi connectivity index (χ4n) is 2.97. The number of ether oxygens (including phenoxy) is 1. The lowest BCUT2D eigenvalue weighted by molar-refractivity contribution is -0.168. The number of esters is 1. The van der Waals surface area contributed by atoms with E-state index in [1.807, 2.05) is 13.8 Å². The quantitative estimate of drug-likeness (QED) is 0.184. The maximum absolute atomic E-state index is 12.6. The van der Waals surface area contributed by atoms with Gasteiger partial charge in [-0.1, -0.05) is 46.0 Å². The molecular formula is C20H41NO7. The molecule has 0 saturated heterocycles. The van der Waals surface area contributed by atoms with Gasteiger partial charge in [0.25, 0.3) is 0 Å². The fraction of sp³-hybridized carbons (Fsp3) is 0.950. The lowest BCUT2D eigenvalue weighted by Crippen LogP contribution is -2.58. The van der Waals surface area contributed by atoms with Crippen molar-refractivity contribution in [2.24, 2.45) is 0 Å². The number of likely N-dealkylation sites (N-methyl/N-ethyl adjacent to an activating group) is 1. The third kappa shape index (κ3) is 9.15. The molecule has 2 unspecified atom stereocenters. The van der Waals surface area contributed by atoms with Crippen molar-refractivity contribution in [3.8, 4) is 0 Å². The molecule has 0 fully saturated rings. The van der Waals surface area contributed by atoms with Crippen molar-refractivity contribution in [3.05, 3.63) is 0 Å². The number of nitrogens with zero attached hydrogens (tertiary/aromatic N) is 1. The Morgan fingerprint density at radius 2 is 1.50 bits per heavy atom. The highest BCUT2D eigenvalue weighted by molar-refractivity contribution is 5.76. The number of hydrogen-bond donors (Lipinski definition) is 5. The van der Waals surface area contributed by atoms with E-state index < -0.39 is 43.0 Å². The van der Waals surface area contributed by atoms with Gasteiger partial charge >= 0.3 is 5.97 Å². The molecule has 0 aliphatic heterocycles. The number of aliphatic hydroxyl groups is 5. The second kappa shape index (κ2) is 15.1. The van der Waals surface area contributed by atoms with Crippen LogP contribution in [0.1, 0.15) is 65.7 Å². The first kappa shape index (κ1) is 27.2. The number of aliphatic hydroxyl groups excluding tert-OH is 5. The van der Waals surface area contributed by atoms with E-state index in [2.05, 4.69) is 6.92 Å². The molecule has 0 aromatic rings. The van der Waals surface area contributed by atoms with Gasteiger partial charge in [0.2, 0.25) is 0 Å². The second-order valence-electron chi connectivity index (χ2n) is 7.52. The average molecular weight is 408 g/mol. The summed E-state index contributed by atoms with van der Waals surface area (Å²) in [5, 5.41) is 49.1. The Balaban J connectivity index is 4.93. The van der Waals surface area contributed by atoms with Crippen LogP contribution in [0.2, 0.25) is 0 Å². The largest absolute Gasteiger partial charge is 0.464 e. The van der Waals surface area contributed by atoms with Gasteiger partial charge in [-0.3, -0.25) is 9.69 Å². The van der Waals surface area contributed by atoms with E-state index in [0.29, 0.717) is 6.42 Å². The van der Waals surface area contributed by atoms with E-state index in [1.54, 1.807) is 11.9 Å². The first-order chi connectivity index (χ1) is 13.2. The van der Waals surface area contributed by atoms with Crippen molar-refractivity contribution in [3.63, 3.8) is 0 Å². The summed E-state index contributed by atoms with van der Waals surface area (Å²) in [4.78, 5) is 14.2. The standard InChI is InChI=1S/C20H41NO7/c1-5-7-8-9-10-11-12-28-20(27)16(21(4)14(3)6-2)18(25)19(26)17(24)15(23)13-22/h14-19,22-26H,5-13H2,1-4H3/t14?,15-,16?,17-,18+,19+/m1/s1. The van der Waals surface area contributed by atoms with Crippen LogP contribution in [0.25, 0.3) is 0 Å². The SMILES string of the molecule is CCCCCCCCOC(=O)C([C@H](O)[C@@H](O)[C@H](O)[C@H](O)CO)N(C)C(C)CC. The molecule has 0 radical (unpaired) electrons. The third-order valence-electron chi connectivity index (χ3n) is 5.31. The summed E-state index contributed by atoms with van der Waals surface area (Å²) in [6.45, 7) is 5.38. The van der Waals surface area contributed by atoms with Crippen LogP contribution in [0, 0.1) is 0 Å². The molecule has 0 aliphatic carbocycles.